The van der Waals surface area contributed by atoms with Crippen LogP contribution in [0.5, 0.6) is 0 Å². The van der Waals surface area contributed by atoms with Crippen molar-refractivity contribution in [2.45, 2.75) is 45.3 Å². The third-order valence-electron chi connectivity index (χ3n) is 5.97. The van der Waals surface area contributed by atoms with Crippen LogP contribution in [0, 0.1) is 29.1 Å². The van der Waals surface area contributed by atoms with Crippen LogP contribution in [0.1, 0.15) is 39.5 Å². The summed E-state index contributed by atoms with van der Waals surface area (Å²) < 4.78 is 12.5. The minimum atomic E-state index is -0.159. The van der Waals surface area contributed by atoms with Crippen LogP contribution in [-0.4, -0.2) is 19.0 Å². The fourth-order valence-corrected chi connectivity index (χ4v) is 5.63. The molecule has 0 radical (unpaired) electrons. The van der Waals surface area contributed by atoms with E-state index in [0.717, 1.165) is 25.0 Å². The summed E-state index contributed by atoms with van der Waals surface area (Å²) in [5.74, 6) is 2.97. The van der Waals surface area contributed by atoms with E-state index in [1.165, 1.54) is 25.7 Å². The minimum Gasteiger partial charge on any atom is -0.349 e. The summed E-state index contributed by atoms with van der Waals surface area (Å²) >= 11 is 0. The van der Waals surface area contributed by atoms with E-state index < -0.39 is 0 Å². The molecule has 5 fully saturated rings. The van der Waals surface area contributed by atoms with Gasteiger partial charge >= 0.3 is 0 Å². The van der Waals surface area contributed by atoms with E-state index in [1.54, 1.807) is 0 Å². The van der Waals surface area contributed by atoms with E-state index in [2.05, 4.69) is 13.8 Å². The molecule has 16 heavy (non-hydrogen) atoms. The Kier molecular flexibility index (Phi) is 1.76. The summed E-state index contributed by atoms with van der Waals surface area (Å²) in [6.45, 7) is 6.73. The third kappa shape index (κ3) is 0.896. The van der Waals surface area contributed by atoms with Crippen molar-refractivity contribution in [1.29, 1.82) is 0 Å². The lowest BCUT2D eigenvalue weighted by Gasteiger charge is -2.37. The Labute approximate surface area is 97.7 Å². The van der Waals surface area contributed by atoms with Gasteiger partial charge in [0.2, 0.25) is 0 Å². The maximum absolute atomic E-state index is 6.25. The quantitative estimate of drug-likeness (QED) is 0.627. The highest BCUT2D eigenvalue weighted by Crippen LogP contribution is 2.76. The standard InChI is InChI=1S/C14H22O2/c1-13(2)10-7-9-8-11(10)14(12(9)13)15-5-3-4-6-16-14/h9-12H,3-8H2,1-2H3. The van der Waals surface area contributed by atoms with Gasteiger partial charge in [0.05, 0.1) is 13.2 Å². The van der Waals surface area contributed by atoms with Crippen LogP contribution < -0.4 is 0 Å². The lowest BCUT2D eigenvalue weighted by molar-refractivity contribution is -0.265. The Morgan fingerprint density at radius 2 is 1.56 bits per heavy atom. The van der Waals surface area contributed by atoms with Crippen molar-refractivity contribution >= 4 is 0 Å². The van der Waals surface area contributed by atoms with Crippen LogP contribution in [0.25, 0.3) is 0 Å². The minimum absolute atomic E-state index is 0.159. The van der Waals surface area contributed by atoms with Gasteiger partial charge in [-0.1, -0.05) is 13.8 Å². The fraction of sp³-hybridized carbons (Fsp3) is 1.00. The van der Waals surface area contributed by atoms with Crippen molar-refractivity contribution in [3.63, 3.8) is 0 Å². The molecule has 0 amide bonds. The number of hydrogen-bond donors (Lipinski definition) is 0. The first kappa shape index (κ1) is 9.90. The van der Waals surface area contributed by atoms with E-state index in [0.29, 0.717) is 17.3 Å². The highest BCUT2D eigenvalue weighted by Gasteiger charge is 2.77. The molecule has 4 atom stereocenters. The van der Waals surface area contributed by atoms with Gasteiger partial charge in [0.25, 0.3) is 0 Å². The van der Waals surface area contributed by atoms with Crippen LogP contribution in [0.3, 0.4) is 0 Å². The molecular formula is C14H22O2. The molecule has 4 aliphatic carbocycles. The second-order valence-electron chi connectivity index (χ2n) is 6.87. The van der Waals surface area contributed by atoms with E-state index in [4.69, 9.17) is 9.47 Å². The molecule has 0 N–H and O–H groups in total. The lowest BCUT2D eigenvalue weighted by atomic mass is 9.76. The number of hydrogen-bond acceptors (Lipinski definition) is 2. The van der Waals surface area contributed by atoms with Crippen LogP contribution in [0.15, 0.2) is 0 Å². The fourth-order valence-electron chi connectivity index (χ4n) is 5.63. The molecule has 1 heterocycles. The number of ether oxygens (including phenoxy) is 2. The molecule has 1 spiro atoms. The molecular weight excluding hydrogens is 200 g/mol. The van der Waals surface area contributed by atoms with Crippen molar-refractivity contribution in [1.82, 2.24) is 0 Å². The van der Waals surface area contributed by atoms with Crippen molar-refractivity contribution in [2.75, 3.05) is 13.2 Å². The van der Waals surface area contributed by atoms with Crippen molar-refractivity contribution in [3.8, 4) is 0 Å². The van der Waals surface area contributed by atoms with Gasteiger partial charge in [-0.25, -0.2) is 0 Å². The highest BCUT2D eigenvalue weighted by molar-refractivity contribution is 5.21. The summed E-state index contributed by atoms with van der Waals surface area (Å²) in [5.41, 5.74) is 0.456. The zero-order valence-corrected chi connectivity index (χ0v) is 10.4. The maximum Gasteiger partial charge on any atom is 0.174 e. The maximum atomic E-state index is 6.25. The third-order valence-corrected chi connectivity index (χ3v) is 5.97. The predicted octanol–water partition coefficient (Wildman–Crippen LogP) is 2.82. The van der Waals surface area contributed by atoms with E-state index in [9.17, 15) is 0 Å². The average Bonchev–Trinajstić information content (AvgIpc) is 2.81. The van der Waals surface area contributed by atoms with E-state index >= 15 is 0 Å². The zero-order chi connectivity index (χ0) is 11.0. The Morgan fingerprint density at radius 1 is 0.938 bits per heavy atom. The highest BCUT2D eigenvalue weighted by atomic mass is 16.7. The van der Waals surface area contributed by atoms with Gasteiger partial charge < -0.3 is 9.47 Å². The van der Waals surface area contributed by atoms with Crippen LogP contribution in [0.2, 0.25) is 0 Å². The molecule has 0 aromatic rings. The lowest BCUT2D eigenvalue weighted by Crippen LogP contribution is -2.44. The molecule has 1 saturated heterocycles. The summed E-state index contributed by atoms with van der Waals surface area (Å²) in [7, 11) is 0. The van der Waals surface area contributed by atoms with Gasteiger partial charge in [-0.2, -0.15) is 0 Å². The molecule has 5 aliphatic rings. The Bertz CT molecular complexity index is 315. The molecule has 4 unspecified atom stereocenters. The first-order valence-corrected chi connectivity index (χ1v) is 6.94. The molecule has 2 nitrogen and oxygen atoms in total. The second kappa shape index (κ2) is 2.84. The zero-order valence-electron chi connectivity index (χ0n) is 10.4. The largest absolute Gasteiger partial charge is 0.349 e. The van der Waals surface area contributed by atoms with Crippen LogP contribution in [0.4, 0.5) is 0 Å². The van der Waals surface area contributed by atoms with Gasteiger partial charge in [-0.15, -0.1) is 0 Å². The van der Waals surface area contributed by atoms with Crippen molar-refractivity contribution in [2.24, 2.45) is 29.1 Å². The Balaban J connectivity index is 1.76. The molecule has 0 aromatic heterocycles. The summed E-state index contributed by atoms with van der Waals surface area (Å²) in [6.07, 6.45) is 5.17. The molecule has 4 saturated carbocycles. The smallest absolute Gasteiger partial charge is 0.174 e. The van der Waals surface area contributed by atoms with Gasteiger partial charge in [-0.3, -0.25) is 0 Å². The first-order valence-electron chi connectivity index (χ1n) is 6.94. The SMILES string of the molecule is CC1(C)C2CC3CC2C2(OCCCCO2)C31. The molecule has 90 valence electrons. The monoisotopic (exact) mass is 222 g/mol. The van der Waals surface area contributed by atoms with Crippen molar-refractivity contribution < 1.29 is 9.47 Å². The predicted molar refractivity (Wildman–Crippen MR) is 60.8 cm³/mol. The Morgan fingerprint density at radius 3 is 2.06 bits per heavy atom. The first-order chi connectivity index (χ1) is 7.66. The summed E-state index contributed by atoms with van der Waals surface area (Å²) in [4.78, 5) is 0. The van der Waals surface area contributed by atoms with Gasteiger partial charge in [0, 0.05) is 11.8 Å². The van der Waals surface area contributed by atoms with Crippen LogP contribution >= 0.6 is 0 Å². The van der Waals surface area contributed by atoms with E-state index in [-0.39, 0.29) is 5.79 Å². The number of rotatable bonds is 0. The van der Waals surface area contributed by atoms with Gasteiger partial charge in [0.15, 0.2) is 5.79 Å². The van der Waals surface area contributed by atoms with Crippen LogP contribution in [-0.2, 0) is 9.47 Å². The average molecular weight is 222 g/mol. The second-order valence-corrected chi connectivity index (χ2v) is 6.87. The molecule has 5 rings (SSSR count). The van der Waals surface area contributed by atoms with Gasteiger partial charge in [0.1, 0.15) is 0 Å². The molecule has 1 aliphatic heterocycles. The molecule has 4 bridgehead atoms. The molecule has 0 aromatic carbocycles. The van der Waals surface area contributed by atoms with Crippen molar-refractivity contribution in [3.05, 3.63) is 0 Å². The molecule has 2 heteroatoms. The normalized spacial score (nSPS) is 51.4. The topological polar surface area (TPSA) is 18.5 Å². The van der Waals surface area contributed by atoms with E-state index in [1.807, 2.05) is 0 Å². The van der Waals surface area contributed by atoms with Gasteiger partial charge in [-0.05, 0) is 42.9 Å². The summed E-state index contributed by atoms with van der Waals surface area (Å²) in [5, 5.41) is 0. The summed E-state index contributed by atoms with van der Waals surface area (Å²) in [6, 6.07) is 0. The Hall–Kier alpha value is -0.0800.